The fourth-order valence-electron chi connectivity index (χ4n) is 2.04. The number of nitrogens with two attached hydrogens (primary N) is 1. The van der Waals surface area contributed by atoms with Crippen LogP contribution in [0.5, 0.6) is 0 Å². The molecule has 0 atom stereocenters. The summed E-state index contributed by atoms with van der Waals surface area (Å²) in [6.07, 6.45) is 0.883. The third-order valence-corrected chi connectivity index (χ3v) is 3.61. The van der Waals surface area contributed by atoms with E-state index in [0.29, 0.717) is 24.4 Å². The number of benzene rings is 1. The molecular weight excluding hydrogens is 296 g/mol. The number of carbonyl (C=O) groups excluding carboxylic acids is 1. The summed E-state index contributed by atoms with van der Waals surface area (Å²) >= 11 is 3.38. The minimum Gasteiger partial charge on any atom is -0.398 e. The number of anilines is 1. The van der Waals surface area contributed by atoms with E-state index in [1.165, 1.54) is 0 Å². The van der Waals surface area contributed by atoms with Crippen LogP contribution in [0.25, 0.3) is 0 Å². The predicted molar refractivity (Wildman–Crippen MR) is 74.6 cm³/mol. The van der Waals surface area contributed by atoms with E-state index in [4.69, 9.17) is 10.5 Å². The molecule has 1 saturated heterocycles. The minimum absolute atomic E-state index is 0.0333. The predicted octanol–water partition coefficient (Wildman–Crippen LogP) is 2.20. The molecule has 0 aliphatic carbocycles. The van der Waals surface area contributed by atoms with Crippen molar-refractivity contribution in [2.45, 2.75) is 13.3 Å². The van der Waals surface area contributed by atoms with Crippen molar-refractivity contribution in [2.75, 3.05) is 32.0 Å². The Labute approximate surface area is 115 Å². The van der Waals surface area contributed by atoms with Crippen molar-refractivity contribution in [3.8, 4) is 0 Å². The molecule has 2 rings (SSSR count). The normalized spacial score (nSPS) is 16.4. The largest absolute Gasteiger partial charge is 0.398 e. The highest BCUT2D eigenvalue weighted by molar-refractivity contribution is 9.10. The van der Waals surface area contributed by atoms with E-state index in [-0.39, 0.29) is 5.91 Å². The Hall–Kier alpha value is -1.07. The number of halogens is 1. The van der Waals surface area contributed by atoms with Crippen LogP contribution in [0.2, 0.25) is 0 Å². The molecule has 98 valence electrons. The average molecular weight is 313 g/mol. The van der Waals surface area contributed by atoms with Gasteiger partial charge in [-0.15, -0.1) is 0 Å². The lowest BCUT2D eigenvalue weighted by Gasteiger charge is -2.21. The molecule has 0 spiro atoms. The van der Waals surface area contributed by atoms with Crippen LogP contribution in [-0.4, -0.2) is 37.1 Å². The Balaban J connectivity index is 2.27. The lowest BCUT2D eigenvalue weighted by atomic mass is 10.1. The van der Waals surface area contributed by atoms with Crippen molar-refractivity contribution in [1.82, 2.24) is 4.90 Å². The molecule has 4 nitrogen and oxygen atoms in total. The summed E-state index contributed by atoms with van der Waals surface area (Å²) in [6, 6.07) is 3.65. The quantitative estimate of drug-likeness (QED) is 0.809. The van der Waals surface area contributed by atoms with Gasteiger partial charge in [-0.2, -0.15) is 0 Å². The van der Waals surface area contributed by atoms with Crippen molar-refractivity contribution in [3.05, 3.63) is 27.7 Å². The molecule has 1 aliphatic rings. The highest BCUT2D eigenvalue weighted by atomic mass is 79.9. The maximum atomic E-state index is 12.5. The number of ether oxygens (including phenoxy) is 1. The van der Waals surface area contributed by atoms with Crippen LogP contribution in [0, 0.1) is 6.92 Å². The van der Waals surface area contributed by atoms with E-state index in [1.54, 1.807) is 0 Å². The molecule has 1 amide bonds. The number of carbonyl (C=O) groups is 1. The van der Waals surface area contributed by atoms with E-state index < -0.39 is 0 Å². The first-order valence-corrected chi connectivity index (χ1v) is 6.81. The van der Waals surface area contributed by atoms with Crippen LogP contribution in [0.3, 0.4) is 0 Å². The van der Waals surface area contributed by atoms with Crippen molar-refractivity contribution < 1.29 is 9.53 Å². The highest BCUT2D eigenvalue weighted by Crippen LogP contribution is 2.24. The lowest BCUT2D eigenvalue weighted by molar-refractivity contribution is 0.0740. The van der Waals surface area contributed by atoms with Crippen molar-refractivity contribution in [1.29, 1.82) is 0 Å². The highest BCUT2D eigenvalue weighted by Gasteiger charge is 2.20. The lowest BCUT2D eigenvalue weighted by Crippen LogP contribution is -2.33. The van der Waals surface area contributed by atoms with Crippen molar-refractivity contribution in [3.63, 3.8) is 0 Å². The smallest absolute Gasteiger partial charge is 0.254 e. The van der Waals surface area contributed by atoms with Crippen LogP contribution >= 0.6 is 15.9 Å². The number of hydrogen-bond donors (Lipinski definition) is 1. The minimum atomic E-state index is 0.0333. The number of nitrogens with zero attached hydrogens (tertiary/aromatic N) is 1. The van der Waals surface area contributed by atoms with Crippen LogP contribution in [0.15, 0.2) is 16.6 Å². The molecule has 1 aromatic rings. The molecule has 1 fully saturated rings. The van der Waals surface area contributed by atoms with Gasteiger partial charge in [-0.3, -0.25) is 4.79 Å². The molecule has 1 aromatic carbocycles. The van der Waals surface area contributed by atoms with Gasteiger partial charge in [0.15, 0.2) is 0 Å². The van der Waals surface area contributed by atoms with Gasteiger partial charge in [-0.1, -0.05) is 15.9 Å². The molecule has 0 radical (unpaired) electrons. The van der Waals surface area contributed by atoms with Crippen LogP contribution in [-0.2, 0) is 4.74 Å². The number of nitrogen functional groups attached to an aromatic ring is 1. The van der Waals surface area contributed by atoms with Gasteiger partial charge in [0.25, 0.3) is 5.91 Å². The molecule has 1 aliphatic heterocycles. The summed E-state index contributed by atoms with van der Waals surface area (Å²) in [7, 11) is 0. The van der Waals surface area contributed by atoms with Gasteiger partial charge in [0.2, 0.25) is 0 Å². The third-order valence-electron chi connectivity index (χ3n) is 3.15. The van der Waals surface area contributed by atoms with Gasteiger partial charge in [0.05, 0.1) is 6.61 Å². The molecule has 5 heteroatoms. The maximum absolute atomic E-state index is 12.5. The van der Waals surface area contributed by atoms with Gasteiger partial charge in [-0.25, -0.2) is 0 Å². The van der Waals surface area contributed by atoms with Gasteiger partial charge < -0.3 is 15.4 Å². The average Bonchev–Trinajstić information content (AvgIpc) is 2.61. The molecule has 1 heterocycles. The molecule has 0 aromatic heterocycles. The Morgan fingerprint density at radius 3 is 2.94 bits per heavy atom. The standard InChI is InChI=1S/C13H17BrN2O2/c1-9-11(7-10(14)8-12(9)15)13(17)16-3-2-5-18-6-4-16/h7-8H,2-6,15H2,1H3. The Bertz CT molecular complexity index is 455. The number of rotatable bonds is 1. The monoisotopic (exact) mass is 312 g/mol. The van der Waals surface area contributed by atoms with Crippen molar-refractivity contribution >= 4 is 27.5 Å². The summed E-state index contributed by atoms with van der Waals surface area (Å²) in [5.41, 5.74) is 8.04. The third kappa shape index (κ3) is 2.84. The first kappa shape index (κ1) is 13.4. The van der Waals surface area contributed by atoms with E-state index >= 15 is 0 Å². The van der Waals surface area contributed by atoms with E-state index in [1.807, 2.05) is 24.0 Å². The number of hydrogen-bond acceptors (Lipinski definition) is 3. The first-order valence-electron chi connectivity index (χ1n) is 6.02. The fourth-order valence-corrected chi connectivity index (χ4v) is 2.52. The van der Waals surface area contributed by atoms with E-state index in [0.717, 1.165) is 29.6 Å². The zero-order valence-corrected chi connectivity index (χ0v) is 12.0. The van der Waals surface area contributed by atoms with Gasteiger partial charge in [0, 0.05) is 35.4 Å². The maximum Gasteiger partial charge on any atom is 0.254 e. The van der Waals surface area contributed by atoms with Gasteiger partial charge >= 0.3 is 0 Å². The summed E-state index contributed by atoms with van der Waals surface area (Å²) in [4.78, 5) is 14.3. The van der Waals surface area contributed by atoms with E-state index in [9.17, 15) is 4.79 Å². The van der Waals surface area contributed by atoms with Crippen LogP contribution in [0.4, 0.5) is 5.69 Å². The van der Waals surface area contributed by atoms with Gasteiger partial charge in [-0.05, 0) is 31.0 Å². The SMILES string of the molecule is Cc1c(N)cc(Br)cc1C(=O)N1CCCOCC1. The topological polar surface area (TPSA) is 55.6 Å². The van der Waals surface area contributed by atoms with Crippen LogP contribution in [0.1, 0.15) is 22.3 Å². The Morgan fingerprint density at radius 2 is 2.17 bits per heavy atom. The van der Waals surface area contributed by atoms with Crippen molar-refractivity contribution in [2.24, 2.45) is 0 Å². The Kier molecular flexibility index (Phi) is 4.24. The molecule has 0 bridgehead atoms. The summed E-state index contributed by atoms with van der Waals surface area (Å²) in [5, 5.41) is 0. The summed E-state index contributed by atoms with van der Waals surface area (Å²) in [6.45, 7) is 4.59. The second-order valence-corrected chi connectivity index (χ2v) is 5.34. The fraction of sp³-hybridized carbons (Fsp3) is 0.462. The molecular formula is C13H17BrN2O2. The molecule has 0 saturated carbocycles. The summed E-state index contributed by atoms with van der Waals surface area (Å²) < 4.78 is 6.19. The first-order chi connectivity index (χ1) is 8.59. The second-order valence-electron chi connectivity index (χ2n) is 4.43. The second kappa shape index (κ2) is 5.71. The zero-order valence-electron chi connectivity index (χ0n) is 10.4. The molecule has 18 heavy (non-hydrogen) atoms. The number of amides is 1. The Morgan fingerprint density at radius 1 is 1.39 bits per heavy atom. The van der Waals surface area contributed by atoms with E-state index in [2.05, 4.69) is 15.9 Å². The van der Waals surface area contributed by atoms with Crippen LogP contribution < -0.4 is 5.73 Å². The molecule has 0 unspecified atom stereocenters. The summed E-state index contributed by atoms with van der Waals surface area (Å²) in [5.74, 6) is 0.0333. The molecule has 2 N–H and O–H groups in total. The van der Waals surface area contributed by atoms with Gasteiger partial charge in [0.1, 0.15) is 0 Å². The zero-order chi connectivity index (χ0) is 13.1.